The van der Waals surface area contributed by atoms with Crippen molar-refractivity contribution in [2.45, 2.75) is 25.7 Å². The maximum Gasteiger partial charge on any atom is 0.226 e. The SMILES string of the molecule is O=C(C1CC=CC1)N1CCC([C@@H]2CNC[C@H]2CO)CC1. The molecule has 4 nitrogen and oxygen atoms in total. The molecule has 2 fully saturated rings. The lowest BCUT2D eigenvalue weighted by molar-refractivity contribution is -0.136. The van der Waals surface area contributed by atoms with Crippen LogP contribution in [0.2, 0.25) is 0 Å². The number of hydrogen-bond donors (Lipinski definition) is 2. The Labute approximate surface area is 121 Å². The summed E-state index contributed by atoms with van der Waals surface area (Å²) >= 11 is 0. The minimum Gasteiger partial charge on any atom is -0.396 e. The molecule has 2 N–H and O–H groups in total. The van der Waals surface area contributed by atoms with Gasteiger partial charge in [-0.05, 0) is 50.0 Å². The molecule has 0 spiro atoms. The average Bonchev–Trinajstić information content (AvgIpc) is 3.17. The standard InChI is InChI=1S/C16H26N2O2/c19-11-14-9-17-10-15(14)12-5-7-18(8-6-12)16(20)13-3-1-2-4-13/h1-2,12-15,17,19H,3-11H2/t14-,15-/m0/s1. The van der Waals surface area contributed by atoms with Crippen LogP contribution >= 0.6 is 0 Å². The fourth-order valence-corrected chi connectivity index (χ4v) is 4.13. The van der Waals surface area contributed by atoms with E-state index in [2.05, 4.69) is 22.4 Å². The molecule has 0 aromatic rings. The van der Waals surface area contributed by atoms with Crippen LogP contribution in [0.3, 0.4) is 0 Å². The summed E-state index contributed by atoms with van der Waals surface area (Å²) in [5.74, 6) is 2.26. The summed E-state index contributed by atoms with van der Waals surface area (Å²) in [7, 11) is 0. The van der Waals surface area contributed by atoms with E-state index < -0.39 is 0 Å². The van der Waals surface area contributed by atoms with E-state index in [-0.39, 0.29) is 5.92 Å². The van der Waals surface area contributed by atoms with Gasteiger partial charge in [0.15, 0.2) is 0 Å². The number of amides is 1. The molecule has 20 heavy (non-hydrogen) atoms. The number of nitrogens with one attached hydrogen (secondary N) is 1. The Morgan fingerprint density at radius 1 is 1.20 bits per heavy atom. The van der Waals surface area contributed by atoms with Gasteiger partial charge in [-0.2, -0.15) is 0 Å². The molecule has 2 aliphatic heterocycles. The Morgan fingerprint density at radius 2 is 1.90 bits per heavy atom. The van der Waals surface area contributed by atoms with Gasteiger partial charge in [-0.25, -0.2) is 0 Å². The summed E-state index contributed by atoms with van der Waals surface area (Å²) in [6.45, 7) is 4.11. The van der Waals surface area contributed by atoms with Crippen LogP contribution in [0.25, 0.3) is 0 Å². The zero-order chi connectivity index (χ0) is 13.9. The minimum atomic E-state index is 0.213. The fraction of sp³-hybridized carbons (Fsp3) is 0.812. The van der Waals surface area contributed by atoms with E-state index in [9.17, 15) is 9.90 Å². The molecule has 1 amide bonds. The van der Waals surface area contributed by atoms with Crippen LogP contribution in [0.1, 0.15) is 25.7 Å². The van der Waals surface area contributed by atoms with Crippen LogP contribution in [0, 0.1) is 23.7 Å². The van der Waals surface area contributed by atoms with Gasteiger partial charge in [0.25, 0.3) is 0 Å². The lowest BCUT2D eigenvalue weighted by Crippen LogP contribution is -2.43. The number of aliphatic hydroxyl groups is 1. The predicted molar refractivity (Wildman–Crippen MR) is 78.1 cm³/mol. The van der Waals surface area contributed by atoms with Crippen molar-refractivity contribution in [2.24, 2.45) is 23.7 Å². The van der Waals surface area contributed by atoms with E-state index >= 15 is 0 Å². The largest absolute Gasteiger partial charge is 0.396 e. The number of rotatable bonds is 3. The van der Waals surface area contributed by atoms with Crippen molar-refractivity contribution in [1.82, 2.24) is 10.2 Å². The topological polar surface area (TPSA) is 52.6 Å². The first-order valence-electron chi connectivity index (χ1n) is 8.05. The first-order chi connectivity index (χ1) is 9.79. The molecule has 112 valence electrons. The summed E-state index contributed by atoms with van der Waals surface area (Å²) in [5, 5.41) is 12.8. The van der Waals surface area contributed by atoms with Crippen molar-refractivity contribution in [3.8, 4) is 0 Å². The molecule has 0 radical (unpaired) electrons. The van der Waals surface area contributed by atoms with Gasteiger partial charge in [-0.15, -0.1) is 0 Å². The van der Waals surface area contributed by atoms with Crippen LogP contribution in [-0.2, 0) is 4.79 Å². The molecule has 3 aliphatic rings. The van der Waals surface area contributed by atoms with Gasteiger partial charge in [0.05, 0.1) is 0 Å². The van der Waals surface area contributed by atoms with Crippen LogP contribution in [0.4, 0.5) is 0 Å². The van der Waals surface area contributed by atoms with Crippen LogP contribution in [0.15, 0.2) is 12.2 Å². The number of piperidine rings is 1. The molecule has 0 bridgehead atoms. The third kappa shape index (κ3) is 2.77. The van der Waals surface area contributed by atoms with Crippen molar-refractivity contribution in [2.75, 3.05) is 32.8 Å². The van der Waals surface area contributed by atoms with E-state index in [1.54, 1.807) is 0 Å². The van der Waals surface area contributed by atoms with Crippen molar-refractivity contribution < 1.29 is 9.90 Å². The van der Waals surface area contributed by atoms with Crippen LogP contribution < -0.4 is 5.32 Å². The molecule has 0 aromatic heterocycles. The predicted octanol–water partition coefficient (Wildman–Crippen LogP) is 1.02. The molecule has 0 unspecified atom stereocenters. The van der Waals surface area contributed by atoms with Gasteiger partial charge < -0.3 is 15.3 Å². The van der Waals surface area contributed by atoms with Gasteiger partial charge in [-0.3, -0.25) is 4.79 Å². The Balaban J connectivity index is 1.50. The van der Waals surface area contributed by atoms with Crippen molar-refractivity contribution in [1.29, 1.82) is 0 Å². The summed E-state index contributed by atoms with van der Waals surface area (Å²) in [6.07, 6.45) is 8.33. The first kappa shape index (κ1) is 14.1. The molecule has 2 atom stereocenters. The van der Waals surface area contributed by atoms with Gasteiger partial charge >= 0.3 is 0 Å². The average molecular weight is 278 g/mol. The monoisotopic (exact) mass is 278 g/mol. The van der Waals surface area contributed by atoms with Gasteiger partial charge in [0.1, 0.15) is 0 Å². The Bertz CT molecular complexity index is 367. The number of likely N-dealkylation sites (tertiary alicyclic amines) is 1. The second-order valence-corrected chi connectivity index (χ2v) is 6.57. The number of aliphatic hydroxyl groups excluding tert-OH is 1. The quantitative estimate of drug-likeness (QED) is 0.758. The van der Waals surface area contributed by atoms with Gasteiger partial charge in [0, 0.05) is 32.2 Å². The zero-order valence-electron chi connectivity index (χ0n) is 12.1. The highest BCUT2D eigenvalue weighted by Crippen LogP contribution is 2.33. The fourth-order valence-electron chi connectivity index (χ4n) is 4.13. The van der Waals surface area contributed by atoms with Gasteiger partial charge in [0.2, 0.25) is 5.91 Å². The molecular formula is C16H26N2O2. The van der Waals surface area contributed by atoms with E-state index in [1.807, 2.05) is 0 Å². The smallest absolute Gasteiger partial charge is 0.226 e. The highest BCUT2D eigenvalue weighted by Gasteiger charge is 2.36. The highest BCUT2D eigenvalue weighted by atomic mass is 16.3. The normalized spacial score (nSPS) is 32.1. The summed E-state index contributed by atoms with van der Waals surface area (Å²) in [4.78, 5) is 14.5. The Kier molecular flexibility index (Phi) is 4.41. The van der Waals surface area contributed by atoms with Crippen molar-refractivity contribution in [3.63, 3.8) is 0 Å². The molecule has 1 aliphatic carbocycles. The van der Waals surface area contributed by atoms with E-state index in [1.165, 1.54) is 0 Å². The molecule has 0 saturated carbocycles. The molecule has 2 heterocycles. The Morgan fingerprint density at radius 3 is 2.55 bits per heavy atom. The molecule has 2 saturated heterocycles. The third-order valence-electron chi connectivity index (χ3n) is 5.44. The maximum absolute atomic E-state index is 12.4. The van der Waals surface area contributed by atoms with E-state index in [4.69, 9.17) is 0 Å². The van der Waals surface area contributed by atoms with Gasteiger partial charge in [-0.1, -0.05) is 12.2 Å². The summed E-state index contributed by atoms with van der Waals surface area (Å²) in [5.41, 5.74) is 0. The minimum absolute atomic E-state index is 0.213. The number of nitrogens with zero attached hydrogens (tertiary/aromatic N) is 1. The van der Waals surface area contributed by atoms with E-state index in [0.29, 0.717) is 30.3 Å². The van der Waals surface area contributed by atoms with Crippen molar-refractivity contribution in [3.05, 3.63) is 12.2 Å². The summed E-state index contributed by atoms with van der Waals surface area (Å²) < 4.78 is 0. The molecule has 3 rings (SSSR count). The van der Waals surface area contributed by atoms with Crippen LogP contribution in [0.5, 0.6) is 0 Å². The maximum atomic E-state index is 12.4. The second-order valence-electron chi connectivity index (χ2n) is 6.57. The third-order valence-corrected chi connectivity index (χ3v) is 5.44. The summed E-state index contributed by atoms with van der Waals surface area (Å²) in [6, 6.07) is 0. The second kappa shape index (κ2) is 6.27. The van der Waals surface area contributed by atoms with E-state index in [0.717, 1.165) is 51.9 Å². The number of carbonyl (C=O) groups excluding carboxylic acids is 1. The molecular weight excluding hydrogens is 252 g/mol. The van der Waals surface area contributed by atoms with Crippen molar-refractivity contribution >= 4 is 5.91 Å². The number of carbonyl (C=O) groups is 1. The molecule has 4 heteroatoms. The number of hydrogen-bond acceptors (Lipinski definition) is 3. The molecule has 0 aromatic carbocycles. The number of allylic oxidation sites excluding steroid dienone is 2. The van der Waals surface area contributed by atoms with Crippen LogP contribution in [-0.4, -0.2) is 48.7 Å². The first-order valence-corrected chi connectivity index (χ1v) is 8.05. The lowest BCUT2D eigenvalue weighted by Gasteiger charge is -2.37. The highest BCUT2D eigenvalue weighted by molar-refractivity contribution is 5.79. The lowest BCUT2D eigenvalue weighted by atomic mass is 9.78. The Hall–Kier alpha value is -0.870. The zero-order valence-corrected chi connectivity index (χ0v) is 12.1.